The van der Waals surface area contributed by atoms with Crippen LogP contribution < -0.4 is 10.6 Å². The Bertz CT molecular complexity index is 482. The molecule has 2 N–H and O–H groups in total. The van der Waals surface area contributed by atoms with Crippen LogP contribution in [0.1, 0.15) is 5.56 Å². The lowest BCUT2D eigenvalue weighted by Gasteiger charge is -2.18. The van der Waals surface area contributed by atoms with Gasteiger partial charge in [-0.3, -0.25) is 0 Å². The van der Waals surface area contributed by atoms with Crippen molar-refractivity contribution in [2.24, 2.45) is 0 Å². The lowest BCUT2D eigenvalue weighted by atomic mass is 10.2. The first-order valence-corrected chi connectivity index (χ1v) is 7.26. The van der Waals surface area contributed by atoms with Crippen LogP contribution in [0.4, 0.5) is 10.8 Å². The minimum atomic E-state index is 0.636. The van der Waals surface area contributed by atoms with Crippen molar-refractivity contribution in [1.29, 1.82) is 0 Å². The van der Waals surface area contributed by atoms with Crippen molar-refractivity contribution in [3.05, 3.63) is 35.9 Å². The van der Waals surface area contributed by atoms with Crippen LogP contribution >= 0.6 is 23.3 Å². The van der Waals surface area contributed by atoms with Crippen molar-refractivity contribution in [3.8, 4) is 0 Å². The second-order valence-electron chi connectivity index (χ2n) is 3.75. The summed E-state index contributed by atoms with van der Waals surface area (Å²) >= 11 is 3.11. The molecule has 1 aromatic heterocycles. The Labute approximate surface area is 110 Å². The van der Waals surface area contributed by atoms with Crippen molar-refractivity contribution in [1.82, 2.24) is 4.37 Å². The van der Waals surface area contributed by atoms with E-state index in [0.29, 0.717) is 5.82 Å². The molecule has 0 spiro atoms. The summed E-state index contributed by atoms with van der Waals surface area (Å²) in [6.07, 6.45) is 2.03. The molecule has 90 valence electrons. The second kappa shape index (κ2) is 5.42. The molecule has 0 amide bonds. The Kier molecular flexibility index (Phi) is 3.91. The van der Waals surface area contributed by atoms with Gasteiger partial charge in [0.25, 0.3) is 0 Å². The molecular formula is C12H15N3S2. The fourth-order valence-electron chi connectivity index (χ4n) is 1.65. The monoisotopic (exact) mass is 265 g/mol. The Morgan fingerprint density at radius 1 is 1.35 bits per heavy atom. The van der Waals surface area contributed by atoms with Gasteiger partial charge in [0.15, 0.2) is 5.82 Å². The summed E-state index contributed by atoms with van der Waals surface area (Å²) in [4.78, 5) is 3.27. The third kappa shape index (κ3) is 2.73. The summed E-state index contributed by atoms with van der Waals surface area (Å²) in [7, 11) is 2.07. The molecule has 0 atom stereocenters. The maximum atomic E-state index is 5.83. The van der Waals surface area contributed by atoms with Crippen LogP contribution in [0.15, 0.2) is 35.2 Å². The average Bonchev–Trinajstić information content (AvgIpc) is 2.71. The number of nitrogen functional groups attached to an aromatic ring is 1. The Morgan fingerprint density at radius 2 is 2.06 bits per heavy atom. The normalized spacial score (nSPS) is 10.5. The molecular weight excluding hydrogens is 250 g/mol. The highest BCUT2D eigenvalue weighted by molar-refractivity contribution is 7.99. The van der Waals surface area contributed by atoms with E-state index in [-0.39, 0.29) is 0 Å². The van der Waals surface area contributed by atoms with E-state index in [1.807, 2.05) is 12.3 Å². The highest BCUT2D eigenvalue weighted by Gasteiger charge is 2.14. The van der Waals surface area contributed by atoms with Gasteiger partial charge in [0.05, 0.1) is 4.90 Å². The number of nitrogens with zero attached hydrogens (tertiary/aromatic N) is 2. The van der Waals surface area contributed by atoms with Crippen LogP contribution in [0, 0.1) is 0 Å². The number of hydrogen-bond donors (Lipinski definition) is 1. The van der Waals surface area contributed by atoms with E-state index < -0.39 is 0 Å². The predicted octanol–water partition coefficient (Wildman–Crippen LogP) is 3.08. The van der Waals surface area contributed by atoms with Crippen molar-refractivity contribution in [2.45, 2.75) is 11.4 Å². The number of benzene rings is 1. The van der Waals surface area contributed by atoms with E-state index in [1.54, 1.807) is 11.8 Å². The molecule has 2 aromatic rings. The third-order valence-electron chi connectivity index (χ3n) is 2.47. The Balaban J connectivity index is 2.17. The van der Waals surface area contributed by atoms with Gasteiger partial charge < -0.3 is 10.6 Å². The fraction of sp³-hybridized carbons (Fsp3) is 0.250. The van der Waals surface area contributed by atoms with E-state index in [4.69, 9.17) is 5.73 Å². The molecule has 0 radical (unpaired) electrons. The number of anilines is 2. The molecule has 0 saturated carbocycles. The summed E-state index contributed by atoms with van der Waals surface area (Å²) in [5, 5.41) is 1.14. The summed E-state index contributed by atoms with van der Waals surface area (Å²) in [6, 6.07) is 10.4. The topological polar surface area (TPSA) is 42.1 Å². The van der Waals surface area contributed by atoms with Gasteiger partial charge in [-0.1, -0.05) is 30.3 Å². The zero-order valence-corrected chi connectivity index (χ0v) is 11.5. The van der Waals surface area contributed by atoms with E-state index in [2.05, 4.69) is 40.6 Å². The van der Waals surface area contributed by atoms with Crippen molar-refractivity contribution < 1.29 is 0 Å². The van der Waals surface area contributed by atoms with Gasteiger partial charge in [0, 0.05) is 13.6 Å². The summed E-state index contributed by atoms with van der Waals surface area (Å²) in [6.45, 7) is 0.871. The molecule has 0 aliphatic rings. The molecule has 0 fully saturated rings. The first kappa shape index (κ1) is 12.3. The van der Waals surface area contributed by atoms with E-state index in [0.717, 1.165) is 16.4 Å². The van der Waals surface area contributed by atoms with Gasteiger partial charge >= 0.3 is 0 Å². The SMILES string of the molecule is CSc1c(N)nsc1N(C)Cc1ccccc1. The summed E-state index contributed by atoms with van der Waals surface area (Å²) < 4.78 is 4.21. The Hall–Kier alpha value is -1.20. The lowest BCUT2D eigenvalue weighted by molar-refractivity contribution is 0.925. The molecule has 1 heterocycles. The van der Waals surface area contributed by atoms with Crippen LogP contribution in [0.5, 0.6) is 0 Å². The molecule has 0 aliphatic heterocycles. The first-order valence-electron chi connectivity index (χ1n) is 5.26. The highest BCUT2D eigenvalue weighted by atomic mass is 32.2. The van der Waals surface area contributed by atoms with Gasteiger partial charge in [-0.05, 0) is 23.4 Å². The highest BCUT2D eigenvalue weighted by Crippen LogP contribution is 2.37. The van der Waals surface area contributed by atoms with Crippen molar-refractivity contribution in [2.75, 3.05) is 23.9 Å². The maximum Gasteiger partial charge on any atom is 0.153 e. The number of nitrogens with two attached hydrogens (primary N) is 1. The Morgan fingerprint density at radius 3 is 2.71 bits per heavy atom. The van der Waals surface area contributed by atoms with E-state index >= 15 is 0 Å². The lowest BCUT2D eigenvalue weighted by Crippen LogP contribution is -2.15. The van der Waals surface area contributed by atoms with Gasteiger partial charge in [-0.25, -0.2) is 0 Å². The summed E-state index contributed by atoms with van der Waals surface area (Å²) in [5.74, 6) is 0.636. The van der Waals surface area contributed by atoms with Gasteiger partial charge in [-0.15, -0.1) is 11.8 Å². The quantitative estimate of drug-likeness (QED) is 0.863. The van der Waals surface area contributed by atoms with Gasteiger partial charge in [0.1, 0.15) is 5.00 Å². The van der Waals surface area contributed by atoms with Crippen molar-refractivity contribution >= 4 is 34.1 Å². The maximum absolute atomic E-state index is 5.83. The van der Waals surface area contributed by atoms with Gasteiger partial charge in [0.2, 0.25) is 0 Å². The van der Waals surface area contributed by atoms with Crippen LogP contribution in [0.3, 0.4) is 0 Å². The van der Waals surface area contributed by atoms with Gasteiger partial charge in [-0.2, -0.15) is 4.37 Å². The van der Waals surface area contributed by atoms with Crippen LogP contribution in [0.2, 0.25) is 0 Å². The standard InChI is InChI=1S/C12H15N3S2/c1-15(8-9-6-4-3-5-7-9)12-10(16-2)11(13)14-17-12/h3-7H,8H2,1-2H3,(H2,13,14). The van der Waals surface area contributed by atoms with E-state index in [1.165, 1.54) is 17.1 Å². The zero-order valence-electron chi connectivity index (χ0n) is 9.88. The van der Waals surface area contributed by atoms with Crippen LogP contribution in [-0.4, -0.2) is 17.7 Å². The zero-order chi connectivity index (χ0) is 12.3. The fourth-order valence-corrected chi connectivity index (χ4v) is 3.32. The molecule has 0 bridgehead atoms. The van der Waals surface area contributed by atoms with Crippen molar-refractivity contribution in [3.63, 3.8) is 0 Å². The third-order valence-corrected chi connectivity index (χ3v) is 4.39. The molecule has 0 aliphatic carbocycles. The minimum Gasteiger partial charge on any atom is -0.382 e. The largest absolute Gasteiger partial charge is 0.382 e. The molecule has 1 aromatic carbocycles. The molecule has 0 saturated heterocycles. The second-order valence-corrected chi connectivity index (χ2v) is 5.32. The average molecular weight is 265 g/mol. The molecule has 2 rings (SSSR count). The number of aromatic nitrogens is 1. The van der Waals surface area contributed by atoms with E-state index in [9.17, 15) is 0 Å². The molecule has 5 heteroatoms. The summed E-state index contributed by atoms with van der Waals surface area (Å²) in [5.41, 5.74) is 7.12. The predicted molar refractivity (Wildman–Crippen MR) is 76.9 cm³/mol. The number of thioether (sulfide) groups is 1. The van der Waals surface area contributed by atoms with Crippen LogP contribution in [-0.2, 0) is 6.54 Å². The number of rotatable bonds is 4. The smallest absolute Gasteiger partial charge is 0.153 e. The minimum absolute atomic E-state index is 0.636. The number of hydrogen-bond acceptors (Lipinski definition) is 5. The molecule has 0 unspecified atom stereocenters. The van der Waals surface area contributed by atoms with Crippen LogP contribution in [0.25, 0.3) is 0 Å². The molecule has 3 nitrogen and oxygen atoms in total. The molecule has 17 heavy (non-hydrogen) atoms. The first-order chi connectivity index (χ1) is 8.22.